The van der Waals surface area contributed by atoms with Gasteiger partial charge in [0.05, 0.1) is 13.2 Å². The number of rotatable bonds is 9. The van der Waals surface area contributed by atoms with Crippen LogP contribution in [0, 0.1) is 5.82 Å². The van der Waals surface area contributed by atoms with Crippen molar-refractivity contribution in [3.8, 4) is 11.3 Å². The quantitative estimate of drug-likeness (QED) is 0.339. The molecule has 0 aliphatic heterocycles. The van der Waals surface area contributed by atoms with Crippen molar-refractivity contribution in [1.29, 1.82) is 0 Å². The first-order chi connectivity index (χ1) is 15.4. The fourth-order valence-corrected chi connectivity index (χ4v) is 3.12. The monoisotopic (exact) mass is 505 g/mol. The molecule has 0 bridgehead atoms. The molecule has 1 unspecified atom stereocenters. The fraction of sp³-hybridized carbons (Fsp3) is 0.227. The van der Waals surface area contributed by atoms with Crippen molar-refractivity contribution in [1.82, 2.24) is 15.6 Å². The van der Waals surface area contributed by atoms with E-state index in [9.17, 15) is 19.1 Å². The highest BCUT2D eigenvalue weighted by atomic mass is 79.9. The third-order valence-electron chi connectivity index (χ3n) is 4.38. The Labute approximate surface area is 192 Å². The number of aliphatic hydroxyl groups excluding tert-OH is 1. The second-order valence-corrected chi connectivity index (χ2v) is 7.69. The lowest BCUT2D eigenvalue weighted by Gasteiger charge is -2.24. The van der Waals surface area contributed by atoms with Crippen molar-refractivity contribution in [2.45, 2.75) is 19.6 Å². The molecule has 1 amide bonds. The average Bonchev–Trinajstić information content (AvgIpc) is 3.26. The van der Waals surface area contributed by atoms with Crippen molar-refractivity contribution in [2.24, 2.45) is 0 Å². The molecule has 3 aromatic rings. The van der Waals surface area contributed by atoms with Gasteiger partial charge in [-0.1, -0.05) is 45.4 Å². The van der Waals surface area contributed by atoms with Crippen LogP contribution >= 0.6 is 15.9 Å². The van der Waals surface area contributed by atoms with E-state index >= 15 is 0 Å². The molecule has 2 N–H and O–H groups in total. The molecule has 0 aliphatic carbocycles. The van der Waals surface area contributed by atoms with Crippen molar-refractivity contribution in [3.05, 3.63) is 76.2 Å². The van der Waals surface area contributed by atoms with E-state index in [1.165, 1.54) is 23.2 Å². The van der Waals surface area contributed by atoms with E-state index in [4.69, 9.17) is 9.26 Å². The molecule has 8 nitrogen and oxygen atoms in total. The summed E-state index contributed by atoms with van der Waals surface area (Å²) in [6, 6.07) is 14.6. The number of aliphatic hydroxyl groups is 1. The third kappa shape index (κ3) is 6.22. The Morgan fingerprint density at radius 1 is 1.25 bits per heavy atom. The minimum Gasteiger partial charge on any atom is -0.464 e. The average molecular weight is 506 g/mol. The molecule has 1 heterocycles. The Balaban J connectivity index is 1.75. The summed E-state index contributed by atoms with van der Waals surface area (Å²) in [5.74, 6) is -2.13. The normalized spacial score (nSPS) is 11.9. The number of nitrogens with one attached hydrogen (secondary N) is 1. The van der Waals surface area contributed by atoms with E-state index in [-0.39, 0.29) is 36.7 Å². The SMILES string of the molecule is CCOC(=O)C(O)CN(Cc1ccc(Br)cc1)NC(=O)c1cc(-c2ccccc2F)no1. The van der Waals surface area contributed by atoms with E-state index in [0.717, 1.165) is 10.0 Å². The predicted octanol–water partition coefficient (Wildman–Crippen LogP) is 3.31. The van der Waals surface area contributed by atoms with Crippen LogP contribution in [-0.2, 0) is 16.1 Å². The lowest BCUT2D eigenvalue weighted by Crippen LogP contribution is -2.47. The second-order valence-electron chi connectivity index (χ2n) is 6.77. The Kier molecular flexibility index (Phi) is 8.09. The lowest BCUT2D eigenvalue weighted by atomic mass is 10.1. The zero-order valence-corrected chi connectivity index (χ0v) is 18.7. The van der Waals surface area contributed by atoms with Crippen LogP contribution in [-0.4, -0.2) is 46.4 Å². The van der Waals surface area contributed by atoms with E-state index in [2.05, 4.69) is 26.5 Å². The summed E-state index contributed by atoms with van der Waals surface area (Å²) in [6.07, 6.45) is -1.48. The van der Waals surface area contributed by atoms with E-state index in [1.807, 2.05) is 24.3 Å². The Hall–Kier alpha value is -3.08. The Bertz CT molecular complexity index is 1070. The summed E-state index contributed by atoms with van der Waals surface area (Å²) < 4.78 is 24.8. The first kappa shape index (κ1) is 23.6. The first-order valence-electron chi connectivity index (χ1n) is 9.74. The Morgan fingerprint density at radius 3 is 2.66 bits per heavy atom. The van der Waals surface area contributed by atoms with Crippen LogP contribution in [0.4, 0.5) is 4.39 Å². The lowest BCUT2D eigenvalue weighted by molar-refractivity contribution is -0.154. The highest BCUT2D eigenvalue weighted by Gasteiger charge is 2.24. The minimum absolute atomic E-state index is 0.117. The van der Waals surface area contributed by atoms with E-state index in [1.54, 1.807) is 19.1 Å². The predicted molar refractivity (Wildman–Crippen MR) is 117 cm³/mol. The molecule has 0 saturated carbocycles. The molecular weight excluding hydrogens is 485 g/mol. The van der Waals surface area contributed by atoms with Crippen LogP contribution < -0.4 is 5.43 Å². The molecule has 0 saturated heterocycles. The number of carbonyl (C=O) groups excluding carboxylic acids is 2. The van der Waals surface area contributed by atoms with Crippen molar-refractivity contribution in [3.63, 3.8) is 0 Å². The van der Waals surface area contributed by atoms with Crippen molar-refractivity contribution >= 4 is 27.8 Å². The van der Waals surface area contributed by atoms with Gasteiger partial charge >= 0.3 is 11.9 Å². The maximum atomic E-state index is 14.0. The largest absolute Gasteiger partial charge is 0.464 e. The molecule has 10 heteroatoms. The van der Waals surface area contributed by atoms with Crippen LogP contribution in [0.3, 0.4) is 0 Å². The number of amides is 1. The maximum Gasteiger partial charge on any atom is 0.336 e. The van der Waals surface area contributed by atoms with E-state index < -0.39 is 23.8 Å². The van der Waals surface area contributed by atoms with Gasteiger partial charge in [0.15, 0.2) is 6.10 Å². The fourth-order valence-electron chi connectivity index (χ4n) is 2.86. The molecule has 0 spiro atoms. The molecule has 0 fully saturated rings. The van der Waals surface area contributed by atoms with Crippen LogP contribution in [0.1, 0.15) is 23.0 Å². The van der Waals surface area contributed by atoms with Gasteiger partial charge in [-0.15, -0.1) is 0 Å². The molecular formula is C22H21BrFN3O5. The summed E-state index contributed by atoms with van der Waals surface area (Å²) >= 11 is 3.36. The van der Waals surface area contributed by atoms with E-state index in [0.29, 0.717) is 0 Å². The summed E-state index contributed by atoms with van der Waals surface area (Å²) in [7, 11) is 0. The number of esters is 1. The van der Waals surface area contributed by atoms with Gasteiger partial charge in [0.2, 0.25) is 5.76 Å². The number of ether oxygens (including phenoxy) is 1. The van der Waals surface area contributed by atoms with Gasteiger partial charge in [0, 0.05) is 22.6 Å². The summed E-state index contributed by atoms with van der Waals surface area (Å²) in [6.45, 7) is 1.70. The number of nitrogens with zero attached hydrogens (tertiary/aromatic N) is 2. The zero-order chi connectivity index (χ0) is 23.1. The first-order valence-corrected chi connectivity index (χ1v) is 10.5. The molecule has 1 atom stereocenters. The molecule has 0 radical (unpaired) electrons. The number of hydrazine groups is 1. The topological polar surface area (TPSA) is 105 Å². The molecule has 0 aliphatic rings. The number of hydrogen-bond donors (Lipinski definition) is 2. The minimum atomic E-state index is -1.48. The van der Waals surface area contributed by atoms with Crippen molar-refractivity contribution < 1.29 is 28.3 Å². The van der Waals surface area contributed by atoms with Gasteiger partial charge in [-0.25, -0.2) is 14.2 Å². The van der Waals surface area contributed by atoms with Crippen LogP contribution in [0.25, 0.3) is 11.3 Å². The van der Waals surface area contributed by atoms with Gasteiger partial charge in [0.25, 0.3) is 0 Å². The number of aromatic nitrogens is 1. The second kappa shape index (κ2) is 11.0. The van der Waals surface area contributed by atoms with Crippen LogP contribution in [0.15, 0.2) is 63.6 Å². The highest BCUT2D eigenvalue weighted by molar-refractivity contribution is 9.10. The summed E-state index contributed by atoms with van der Waals surface area (Å²) in [4.78, 5) is 24.6. The van der Waals surface area contributed by atoms with Gasteiger partial charge < -0.3 is 14.4 Å². The summed E-state index contributed by atoms with van der Waals surface area (Å²) in [5.41, 5.74) is 3.77. The molecule has 32 heavy (non-hydrogen) atoms. The molecule has 1 aromatic heterocycles. The maximum absolute atomic E-state index is 14.0. The van der Waals surface area contributed by atoms with Crippen LogP contribution in [0.2, 0.25) is 0 Å². The number of hydrogen-bond acceptors (Lipinski definition) is 7. The zero-order valence-electron chi connectivity index (χ0n) is 17.1. The smallest absolute Gasteiger partial charge is 0.336 e. The van der Waals surface area contributed by atoms with Gasteiger partial charge in [-0.2, -0.15) is 0 Å². The summed E-state index contributed by atoms with van der Waals surface area (Å²) in [5, 5.41) is 15.3. The number of halogens is 2. The standard InChI is InChI=1S/C22H21BrFN3O5/c1-2-31-22(30)19(28)13-27(12-14-7-9-15(23)10-8-14)25-21(29)20-11-18(26-32-20)16-5-3-4-6-17(16)24/h3-11,19,28H,2,12-13H2,1H3,(H,25,29). The molecule has 2 aromatic carbocycles. The highest BCUT2D eigenvalue weighted by Crippen LogP contribution is 2.22. The van der Waals surface area contributed by atoms with Gasteiger partial charge in [-0.05, 0) is 36.8 Å². The van der Waals surface area contributed by atoms with Crippen molar-refractivity contribution in [2.75, 3.05) is 13.2 Å². The molecule has 168 valence electrons. The number of benzene rings is 2. The Morgan fingerprint density at radius 2 is 1.97 bits per heavy atom. The van der Waals surface area contributed by atoms with Crippen LogP contribution in [0.5, 0.6) is 0 Å². The van der Waals surface area contributed by atoms with Gasteiger partial charge in [-0.3, -0.25) is 10.2 Å². The molecule has 3 rings (SSSR count). The third-order valence-corrected chi connectivity index (χ3v) is 4.91. The number of carbonyl (C=O) groups is 2. The van der Waals surface area contributed by atoms with Gasteiger partial charge in [0.1, 0.15) is 11.5 Å².